The zero-order chi connectivity index (χ0) is 13.9. The van der Waals surface area contributed by atoms with Crippen LogP contribution in [-0.2, 0) is 5.54 Å². The second-order valence-electron chi connectivity index (χ2n) is 4.47. The van der Waals surface area contributed by atoms with Crippen molar-refractivity contribution in [2.45, 2.75) is 12.5 Å². The third kappa shape index (κ3) is 2.39. The van der Waals surface area contributed by atoms with Crippen LogP contribution in [0.2, 0.25) is 0 Å². The van der Waals surface area contributed by atoms with Gasteiger partial charge in [-0.15, -0.1) is 0 Å². The Balaban J connectivity index is 2.63. The Hall–Kier alpha value is -2.07. The van der Waals surface area contributed by atoms with Gasteiger partial charge in [0.2, 0.25) is 5.88 Å². The third-order valence-electron chi connectivity index (χ3n) is 3.18. The average molecular weight is 258 g/mol. The second-order valence-corrected chi connectivity index (χ2v) is 4.47. The number of hydrogen-bond acceptors (Lipinski definition) is 4. The van der Waals surface area contributed by atoms with Gasteiger partial charge in [-0.3, -0.25) is 0 Å². The molecule has 1 atom stereocenters. The Morgan fingerprint density at radius 1 is 1.05 bits per heavy atom. The predicted molar refractivity (Wildman–Crippen MR) is 74.4 cm³/mol. The highest BCUT2D eigenvalue weighted by Crippen LogP contribution is 2.38. The molecular formula is C15H18N2O2. The smallest absolute Gasteiger partial charge is 0.222 e. The minimum atomic E-state index is -0.744. The summed E-state index contributed by atoms with van der Waals surface area (Å²) in [6.45, 7) is 1.92. The highest BCUT2D eigenvalue weighted by Gasteiger charge is 2.31. The van der Waals surface area contributed by atoms with Gasteiger partial charge < -0.3 is 15.2 Å². The minimum absolute atomic E-state index is 0.480. The largest absolute Gasteiger partial charge is 0.496 e. The first-order chi connectivity index (χ1) is 9.11. The van der Waals surface area contributed by atoms with E-state index in [-0.39, 0.29) is 0 Å². The fourth-order valence-corrected chi connectivity index (χ4v) is 2.16. The number of benzene rings is 1. The Labute approximate surface area is 113 Å². The molecule has 0 saturated carbocycles. The normalized spacial score (nSPS) is 13.7. The van der Waals surface area contributed by atoms with Gasteiger partial charge in [-0.1, -0.05) is 30.3 Å². The van der Waals surface area contributed by atoms with E-state index >= 15 is 0 Å². The van der Waals surface area contributed by atoms with E-state index in [1.807, 2.05) is 37.3 Å². The molecule has 1 unspecified atom stereocenters. The third-order valence-corrected chi connectivity index (χ3v) is 3.18. The molecule has 2 rings (SSSR count). The molecule has 0 aliphatic rings. The van der Waals surface area contributed by atoms with Crippen LogP contribution in [0.4, 0.5) is 0 Å². The summed E-state index contributed by atoms with van der Waals surface area (Å²) in [6, 6.07) is 11.6. The van der Waals surface area contributed by atoms with E-state index in [4.69, 9.17) is 15.2 Å². The zero-order valence-corrected chi connectivity index (χ0v) is 11.4. The SMILES string of the molecule is COc1ccnc(OC)c1C(C)(N)c1ccccc1. The molecule has 1 aromatic heterocycles. The van der Waals surface area contributed by atoms with Gasteiger partial charge in [-0.2, -0.15) is 0 Å². The number of nitrogens with two attached hydrogens (primary N) is 1. The fraction of sp³-hybridized carbons (Fsp3) is 0.267. The number of methoxy groups -OCH3 is 2. The van der Waals surface area contributed by atoms with Crippen molar-refractivity contribution in [1.82, 2.24) is 4.98 Å². The van der Waals surface area contributed by atoms with E-state index < -0.39 is 5.54 Å². The van der Waals surface area contributed by atoms with Gasteiger partial charge in [-0.25, -0.2) is 4.98 Å². The summed E-state index contributed by atoms with van der Waals surface area (Å²) in [5.74, 6) is 1.15. The predicted octanol–water partition coefficient (Wildman–Crippen LogP) is 2.32. The quantitative estimate of drug-likeness (QED) is 0.914. The van der Waals surface area contributed by atoms with Gasteiger partial charge in [0, 0.05) is 6.20 Å². The van der Waals surface area contributed by atoms with Crippen LogP contribution in [0.5, 0.6) is 11.6 Å². The molecule has 4 nitrogen and oxygen atoms in total. The standard InChI is InChI=1S/C15H18N2O2/c1-15(16,11-7-5-4-6-8-11)13-12(18-2)9-10-17-14(13)19-3/h4-10H,16H2,1-3H3. The second kappa shape index (κ2) is 5.28. The van der Waals surface area contributed by atoms with E-state index in [0.717, 1.165) is 11.1 Å². The summed E-state index contributed by atoms with van der Waals surface area (Å²) in [5, 5.41) is 0. The Bertz CT molecular complexity index is 531. The molecular weight excluding hydrogens is 240 g/mol. The number of aromatic nitrogens is 1. The van der Waals surface area contributed by atoms with Crippen molar-refractivity contribution >= 4 is 0 Å². The van der Waals surface area contributed by atoms with Gasteiger partial charge in [0.1, 0.15) is 5.75 Å². The molecule has 0 fully saturated rings. The number of nitrogens with zero attached hydrogens (tertiary/aromatic N) is 1. The first kappa shape index (κ1) is 13.4. The maximum Gasteiger partial charge on any atom is 0.222 e. The van der Waals surface area contributed by atoms with Crippen LogP contribution in [0.3, 0.4) is 0 Å². The van der Waals surface area contributed by atoms with Crippen molar-refractivity contribution in [2.75, 3.05) is 14.2 Å². The van der Waals surface area contributed by atoms with E-state index in [9.17, 15) is 0 Å². The molecule has 0 aliphatic heterocycles. The van der Waals surface area contributed by atoms with Gasteiger partial charge >= 0.3 is 0 Å². The molecule has 2 aromatic rings. The lowest BCUT2D eigenvalue weighted by atomic mass is 9.85. The topological polar surface area (TPSA) is 57.4 Å². The Kier molecular flexibility index (Phi) is 3.71. The number of hydrogen-bond donors (Lipinski definition) is 1. The van der Waals surface area contributed by atoms with Crippen LogP contribution in [0.15, 0.2) is 42.6 Å². The minimum Gasteiger partial charge on any atom is -0.496 e. The summed E-state index contributed by atoms with van der Waals surface area (Å²) < 4.78 is 10.7. The molecule has 1 heterocycles. The zero-order valence-electron chi connectivity index (χ0n) is 11.4. The highest BCUT2D eigenvalue weighted by atomic mass is 16.5. The van der Waals surface area contributed by atoms with Crippen LogP contribution >= 0.6 is 0 Å². The van der Waals surface area contributed by atoms with Crippen molar-refractivity contribution in [1.29, 1.82) is 0 Å². The molecule has 4 heteroatoms. The molecule has 2 N–H and O–H groups in total. The lowest BCUT2D eigenvalue weighted by molar-refractivity contribution is 0.358. The van der Waals surface area contributed by atoms with Crippen molar-refractivity contribution in [3.63, 3.8) is 0 Å². The average Bonchev–Trinajstić information content (AvgIpc) is 2.47. The molecule has 0 spiro atoms. The number of rotatable bonds is 4. The summed E-state index contributed by atoms with van der Waals surface area (Å²) in [7, 11) is 3.19. The molecule has 1 aromatic carbocycles. The molecule has 0 aliphatic carbocycles. The monoisotopic (exact) mass is 258 g/mol. The summed E-state index contributed by atoms with van der Waals surface area (Å²) in [5.41, 5.74) is 7.48. The lowest BCUT2D eigenvalue weighted by Crippen LogP contribution is -2.35. The Morgan fingerprint density at radius 2 is 1.74 bits per heavy atom. The lowest BCUT2D eigenvalue weighted by Gasteiger charge is -2.28. The summed E-state index contributed by atoms with van der Waals surface area (Å²) >= 11 is 0. The summed E-state index contributed by atoms with van der Waals surface area (Å²) in [4.78, 5) is 4.22. The first-order valence-corrected chi connectivity index (χ1v) is 6.03. The summed E-state index contributed by atoms with van der Waals surface area (Å²) in [6.07, 6.45) is 1.64. The molecule has 19 heavy (non-hydrogen) atoms. The maximum absolute atomic E-state index is 6.51. The fourth-order valence-electron chi connectivity index (χ4n) is 2.16. The van der Waals surface area contributed by atoms with Gasteiger partial charge in [-0.05, 0) is 18.6 Å². The van der Waals surface area contributed by atoms with Crippen molar-refractivity contribution in [3.05, 3.63) is 53.7 Å². The van der Waals surface area contributed by atoms with E-state index in [1.165, 1.54) is 0 Å². The molecule has 0 bridgehead atoms. The molecule has 0 amide bonds. The van der Waals surface area contributed by atoms with E-state index in [1.54, 1.807) is 26.5 Å². The van der Waals surface area contributed by atoms with Crippen LogP contribution in [0.25, 0.3) is 0 Å². The van der Waals surface area contributed by atoms with Crippen molar-refractivity contribution in [3.8, 4) is 11.6 Å². The number of ether oxygens (including phenoxy) is 2. The molecule has 0 radical (unpaired) electrons. The first-order valence-electron chi connectivity index (χ1n) is 6.03. The van der Waals surface area contributed by atoms with Crippen LogP contribution in [0, 0.1) is 0 Å². The maximum atomic E-state index is 6.51. The number of pyridine rings is 1. The van der Waals surface area contributed by atoms with Gasteiger partial charge in [0.25, 0.3) is 0 Å². The van der Waals surface area contributed by atoms with Crippen LogP contribution in [0.1, 0.15) is 18.1 Å². The van der Waals surface area contributed by atoms with Crippen molar-refractivity contribution < 1.29 is 9.47 Å². The van der Waals surface area contributed by atoms with Gasteiger partial charge in [0.05, 0.1) is 25.3 Å². The highest BCUT2D eigenvalue weighted by molar-refractivity contribution is 5.50. The van der Waals surface area contributed by atoms with Crippen LogP contribution < -0.4 is 15.2 Å². The molecule has 100 valence electrons. The Morgan fingerprint density at radius 3 is 2.32 bits per heavy atom. The molecule has 0 saturated heterocycles. The van der Waals surface area contributed by atoms with Gasteiger partial charge in [0.15, 0.2) is 0 Å². The van der Waals surface area contributed by atoms with E-state index in [0.29, 0.717) is 11.6 Å². The van der Waals surface area contributed by atoms with Crippen molar-refractivity contribution in [2.24, 2.45) is 5.73 Å². The van der Waals surface area contributed by atoms with E-state index in [2.05, 4.69) is 4.98 Å². The van der Waals surface area contributed by atoms with Crippen LogP contribution in [-0.4, -0.2) is 19.2 Å².